The molecule has 0 radical (unpaired) electrons. The predicted molar refractivity (Wildman–Crippen MR) is 93.4 cm³/mol. The van der Waals surface area contributed by atoms with Gasteiger partial charge < -0.3 is 20.2 Å². The smallest absolute Gasteiger partial charge is 0.253 e. The van der Waals surface area contributed by atoms with E-state index in [1.807, 2.05) is 4.90 Å². The van der Waals surface area contributed by atoms with E-state index >= 15 is 0 Å². The van der Waals surface area contributed by atoms with Gasteiger partial charge in [0.2, 0.25) is 5.91 Å². The summed E-state index contributed by atoms with van der Waals surface area (Å²) in [6, 6.07) is 6.29. The van der Waals surface area contributed by atoms with Crippen LogP contribution in [0.4, 0.5) is 0 Å². The maximum Gasteiger partial charge on any atom is 0.253 e. The molecule has 0 spiro atoms. The lowest BCUT2D eigenvalue weighted by molar-refractivity contribution is -0.137. The van der Waals surface area contributed by atoms with Crippen LogP contribution in [-0.4, -0.2) is 66.0 Å². The molecule has 1 atom stereocenters. The summed E-state index contributed by atoms with van der Waals surface area (Å²) >= 11 is 0. The summed E-state index contributed by atoms with van der Waals surface area (Å²) in [6.45, 7) is 4.08. The summed E-state index contributed by atoms with van der Waals surface area (Å²) < 4.78 is 0. The Morgan fingerprint density at radius 3 is 2.25 bits per heavy atom. The lowest BCUT2D eigenvalue weighted by Crippen LogP contribution is -2.53. The SMILES string of the molecule is Cl.O=C(c1ccc(O)cc1)N1CCN(C(=O)C2CCCNC2)CC1. The van der Waals surface area contributed by atoms with Crippen molar-refractivity contribution in [3.05, 3.63) is 29.8 Å². The second-order valence-corrected chi connectivity index (χ2v) is 6.21. The third-order valence-electron chi connectivity index (χ3n) is 4.64. The topological polar surface area (TPSA) is 72.9 Å². The fourth-order valence-corrected chi connectivity index (χ4v) is 3.24. The Bertz CT molecular complexity index is 565. The molecule has 2 aliphatic heterocycles. The number of piperazine rings is 1. The van der Waals surface area contributed by atoms with Crippen LogP contribution in [0.1, 0.15) is 23.2 Å². The van der Waals surface area contributed by atoms with Crippen LogP contribution in [0.2, 0.25) is 0 Å². The van der Waals surface area contributed by atoms with Gasteiger partial charge in [-0.2, -0.15) is 0 Å². The number of aromatic hydroxyl groups is 1. The normalized spacial score (nSPS) is 21.1. The molecule has 6 nitrogen and oxygen atoms in total. The van der Waals surface area contributed by atoms with Crippen LogP contribution in [0.15, 0.2) is 24.3 Å². The highest BCUT2D eigenvalue weighted by Crippen LogP contribution is 2.17. The number of benzene rings is 1. The van der Waals surface area contributed by atoms with Gasteiger partial charge in [-0.1, -0.05) is 0 Å². The van der Waals surface area contributed by atoms with Crippen molar-refractivity contribution in [3.8, 4) is 5.75 Å². The molecular formula is C17H24ClN3O3. The van der Waals surface area contributed by atoms with Crippen LogP contribution in [0.5, 0.6) is 5.75 Å². The first kappa shape index (κ1) is 18.5. The lowest BCUT2D eigenvalue weighted by atomic mass is 9.98. The van der Waals surface area contributed by atoms with Crippen molar-refractivity contribution >= 4 is 24.2 Å². The van der Waals surface area contributed by atoms with Crippen molar-refractivity contribution in [2.75, 3.05) is 39.3 Å². The van der Waals surface area contributed by atoms with Gasteiger partial charge in [0.25, 0.3) is 5.91 Å². The molecule has 1 unspecified atom stereocenters. The van der Waals surface area contributed by atoms with E-state index in [1.165, 1.54) is 12.1 Å². The van der Waals surface area contributed by atoms with Crippen LogP contribution in [0, 0.1) is 5.92 Å². The van der Waals surface area contributed by atoms with Crippen LogP contribution < -0.4 is 5.32 Å². The minimum Gasteiger partial charge on any atom is -0.508 e. The average molecular weight is 354 g/mol. The highest BCUT2D eigenvalue weighted by atomic mass is 35.5. The van der Waals surface area contributed by atoms with Crippen LogP contribution >= 0.6 is 12.4 Å². The quantitative estimate of drug-likeness (QED) is 0.835. The number of phenols is 1. The van der Waals surface area contributed by atoms with Crippen LogP contribution in [0.3, 0.4) is 0 Å². The van der Waals surface area contributed by atoms with Gasteiger partial charge in [-0.25, -0.2) is 0 Å². The average Bonchev–Trinajstić information content (AvgIpc) is 2.62. The first-order valence-corrected chi connectivity index (χ1v) is 8.23. The fourth-order valence-electron chi connectivity index (χ4n) is 3.24. The van der Waals surface area contributed by atoms with Gasteiger partial charge in [-0.15, -0.1) is 12.4 Å². The summed E-state index contributed by atoms with van der Waals surface area (Å²) in [5.41, 5.74) is 0.569. The molecule has 0 aliphatic carbocycles. The van der Waals surface area contributed by atoms with E-state index < -0.39 is 0 Å². The number of piperidine rings is 1. The van der Waals surface area contributed by atoms with E-state index in [-0.39, 0.29) is 35.9 Å². The van der Waals surface area contributed by atoms with Gasteiger partial charge in [-0.3, -0.25) is 9.59 Å². The predicted octanol–water partition coefficient (Wildman–Crippen LogP) is 1.10. The zero-order valence-corrected chi connectivity index (χ0v) is 14.4. The Hall–Kier alpha value is -1.79. The minimum atomic E-state index is -0.0450. The lowest BCUT2D eigenvalue weighted by Gasteiger charge is -2.37. The second-order valence-electron chi connectivity index (χ2n) is 6.21. The number of rotatable bonds is 2. The number of nitrogens with zero attached hydrogens (tertiary/aromatic N) is 2. The number of amides is 2. The number of halogens is 1. The van der Waals surface area contributed by atoms with Gasteiger partial charge in [-0.05, 0) is 43.7 Å². The van der Waals surface area contributed by atoms with E-state index in [0.717, 1.165) is 25.9 Å². The third-order valence-corrected chi connectivity index (χ3v) is 4.64. The van der Waals surface area contributed by atoms with Crippen molar-refractivity contribution in [2.45, 2.75) is 12.8 Å². The van der Waals surface area contributed by atoms with E-state index in [9.17, 15) is 14.7 Å². The molecule has 2 amide bonds. The highest BCUT2D eigenvalue weighted by molar-refractivity contribution is 5.94. The van der Waals surface area contributed by atoms with Crippen molar-refractivity contribution in [2.24, 2.45) is 5.92 Å². The number of hydrogen-bond acceptors (Lipinski definition) is 4. The fraction of sp³-hybridized carbons (Fsp3) is 0.529. The van der Waals surface area contributed by atoms with Crippen molar-refractivity contribution in [3.63, 3.8) is 0 Å². The van der Waals surface area contributed by atoms with E-state index in [2.05, 4.69) is 5.32 Å². The highest BCUT2D eigenvalue weighted by Gasteiger charge is 2.29. The summed E-state index contributed by atoms with van der Waals surface area (Å²) in [6.07, 6.45) is 2.01. The van der Waals surface area contributed by atoms with E-state index in [0.29, 0.717) is 31.7 Å². The molecule has 2 fully saturated rings. The molecule has 7 heteroatoms. The Morgan fingerprint density at radius 2 is 1.67 bits per heavy atom. The molecule has 0 aromatic heterocycles. The zero-order chi connectivity index (χ0) is 16.2. The summed E-state index contributed by atoms with van der Waals surface area (Å²) in [4.78, 5) is 28.6. The first-order valence-electron chi connectivity index (χ1n) is 8.23. The second kappa shape index (κ2) is 8.35. The maximum absolute atomic E-state index is 12.5. The third kappa shape index (κ3) is 4.19. The molecule has 0 saturated carbocycles. The molecule has 0 bridgehead atoms. The molecule has 2 heterocycles. The van der Waals surface area contributed by atoms with Crippen LogP contribution in [-0.2, 0) is 4.79 Å². The Morgan fingerprint density at radius 1 is 1.04 bits per heavy atom. The molecule has 2 aliphatic rings. The molecule has 3 rings (SSSR count). The first-order chi connectivity index (χ1) is 11.1. The van der Waals surface area contributed by atoms with Crippen molar-refractivity contribution < 1.29 is 14.7 Å². The Kier molecular flexibility index (Phi) is 6.45. The largest absolute Gasteiger partial charge is 0.508 e. The number of phenolic OH excluding ortho intramolecular Hbond substituents is 1. The van der Waals surface area contributed by atoms with Gasteiger partial charge in [0.05, 0.1) is 5.92 Å². The number of carbonyl (C=O) groups is 2. The number of carbonyl (C=O) groups excluding carboxylic acids is 2. The molecule has 132 valence electrons. The maximum atomic E-state index is 12.5. The summed E-state index contributed by atoms with van der Waals surface area (Å²) in [7, 11) is 0. The minimum absolute atomic E-state index is 0. The van der Waals surface area contributed by atoms with E-state index in [4.69, 9.17) is 0 Å². The van der Waals surface area contributed by atoms with Crippen LogP contribution in [0.25, 0.3) is 0 Å². The Balaban J connectivity index is 0.00000208. The number of hydrogen-bond donors (Lipinski definition) is 2. The zero-order valence-electron chi connectivity index (χ0n) is 13.6. The molecule has 2 saturated heterocycles. The van der Waals surface area contributed by atoms with Crippen molar-refractivity contribution in [1.29, 1.82) is 0 Å². The standard InChI is InChI=1S/C17H23N3O3.ClH/c21-15-5-3-13(4-6-15)16(22)19-8-10-20(11-9-19)17(23)14-2-1-7-18-12-14;/h3-6,14,18,21H,1-2,7-12H2;1H. The summed E-state index contributed by atoms with van der Waals surface area (Å²) in [5, 5.41) is 12.6. The molecule has 24 heavy (non-hydrogen) atoms. The number of nitrogens with one attached hydrogen (secondary N) is 1. The van der Waals surface area contributed by atoms with E-state index in [1.54, 1.807) is 17.0 Å². The van der Waals surface area contributed by atoms with Gasteiger partial charge in [0.15, 0.2) is 0 Å². The summed E-state index contributed by atoms with van der Waals surface area (Å²) in [5.74, 6) is 0.409. The van der Waals surface area contributed by atoms with Gasteiger partial charge >= 0.3 is 0 Å². The van der Waals surface area contributed by atoms with Crippen molar-refractivity contribution in [1.82, 2.24) is 15.1 Å². The molecular weight excluding hydrogens is 330 g/mol. The molecule has 1 aromatic rings. The molecule has 2 N–H and O–H groups in total. The van der Waals surface area contributed by atoms with Gasteiger partial charge in [0, 0.05) is 38.3 Å². The van der Waals surface area contributed by atoms with Gasteiger partial charge in [0.1, 0.15) is 5.75 Å². The molecule has 1 aromatic carbocycles. The monoisotopic (exact) mass is 353 g/mol. The Labute approximate surface area is 148 Å².